The Hall–Kier alpha value is -0.0800. The summed E-state index contributed by atoms with van der Waals surface area (Å²) in [6.45, 7) is 12.6. The Kier molecular flexibility index (Phi) is 2.90. The first kappa shape index (κ1) is 9.01. The highest BCUT2D eigenvalue weighted by molar-refractivity contribution is 4.56. The van der Waals surface area contributed by atoms with Gasteiger partial charge in [-0.3, -0.25) is 0 Å². The molecule has 1 aliphatic heterocycles. The Labute approximate surface area is 69.7 Å². The van der Waals surface area contributed by atoms with Crippen molar-refractivity contribution in [3.63, 3.8) is 0 Å². The molecule has 1 heterocycles. The van der Waals surface area contributed by atoms with E-state index >= 15 is 0 Å². The van der Waals surface area contributed by atoms with Crippen molar-refractivity contribution in [2.24, 2.45) is 0 Å². The molecule has 1 saturated heterocycles. The molecule has 11 heavy (non-hydrogen) atoms. The van der Waals surface area contributed by atoms with Crippen molar-refractivity contribution >= 4 is 0 Å². The topological polar surface area (TPSA) is 9.23 Å². The summed E-state index contributed by atoms with van der Waals surface area (Å²) in [6, 6.07) is 0. The van der Waals surface area contributed by atoms with Crippen LogP contribution >= 0.6 is 0 Å². The molecule has 0 spiro atoms. The van der Waals surface area contributed by atoms with Crippen LogP contribution in [0.2, 0.25) is 0 Å². The maximum absolute atomic E-state index is 5.52. The Morgan fingerprint density at radius 1 is 1.36 bits per heavy atom. The Morgan fingerprint density at radius 3 is 2.36 bits per heavy atom. The van der Waals surface area contributed by atoms with Gasteiger partial charge in [0.2, 0.25) is 0 Å². The van der Waals surface area contributed by atoms with E-state index < -0.39 is 0 Å². The van der Waals surface area contributed by atoms with Crippen LogP contribution in [0.1, 0.15) is 20.8 Å². The van der Waals surface area contributed by atoms with Crippen molar-refractivity contribution < 1.29 is 9.22 Å². The fraction of sp³-hybridized carbons (Fsp3) is 1.00. The summed E-state index contributed by atoms with van der Waals surface area (Å²) in [4.78, 5) is 0. The minimum absolute atomic E-state index is 0.462. The van der Waals surface area contributed by atoms with Crippen LogP contribution in [0.3, 0.4) is 0 Å². The summed E-state index contributed by atoms with van der Waals surface area (Å²) in [5.41, 5.74) is 0. The van der Waals surface area contributed by atoms with E-state index in [0.29, 0.717) is 6.10 Å². The summed E-state index contributed by atoms with van der Waals surface area (Å²) in [6.07, 6.45) is 0.462. The molecule has 66 valence electrons. The van der Waals surface area contributed by atoms with Gasteiger partial charge in [-0.15, -0.1) is 0 Å². The van der Waals surface area contributed by atoms with Gasteiger partial charge in [-0.05, 0) is 20.8 Å². The lowest BCUT2D eigenvalue weighted by atomic mass is 10.2. The number of nitrogens with zero attached hydrogens (tertiary/aromatic N) is 1. The van der Waals surface area contributed by atoms with Crippen LogP contribution < -0.4 is 0 Å². The SMILES string of the molecule is CC[N+]1(CC)CCOC(C)C1. The maximum Gasteiger partial charge on any atom is 0.105 e. The number of quaternary nitrogens is 1. The molecule has 0 aromatic heterocycles. The largest absolute Gasteiger partial charge is 0.367 e. The highest BCUT2D eigenvalue weighted by Crippen LogP contribution is 2.14. The first-order valence-electron chi connectivity index (χ1n) is 4.69. The van der Waals surface area contributed by atoms with E-state index in [4.69, 9.17) is 4.74 Å². The number of hydrogen-bond donors (Lipinski definition) is 0. The molecule has 0 aliphatic carbocycles. The average molecular weight is 158 g/mol. The molecule has 0 radical (unpaired) electrons. The first-order chi connectivity index (χ1) is 5.22. The standard InChI is InChI=1S/C9H20NO/c1-4-10(5-2)6-7-11-9(3)8-10/h9H,4-8H2,1-3H3/q+1. The van der Waals surface area contributed by atoms with E-state index in [-0.39, 0.29) is 0 Å². The molecule has 0 amide bonds. The Balaban J connectivity index is 2.52. The number of rotatable bonds is 2. The first-order valence-corrected chi connectivity index (χ1v) is 4.69. The lowest BCUT2D eigenvalue weighted by Crippen LogP contribution is -2.57. The molecule has 1 atom stereocenters. The van der Waals surface area contributed by atoms with E-state index in [0.717, 1.165) is 6.61 Å². The molecule has 0 aromatic carbocycles. The minimum atomic E-state index is 0.462. The van der Waals surface area contributed by atoms with Gasteiger partial charge in [0.15, 0.2) is 0 Å². The van der Waals surface area contributed by atoms with Crippen LogP contribution in [0.15, 0.2) is 0 Å². The number of morpholine rings is 1. The predicted octanol–water partition coefficient (Wildman–Crippen LogP) is 1.26. The van der Waals surface area contributed by atoms with Gasteiger partial charge in [-0.1, -0.05) is 0 Å². The molecular weight excluding hydrogens is 138 g/mol. The van der Waals surface area contributed by atoms with Crippen molar-refractivity contribution in [1.29, 1.82) is 0 Å². The third kappa shape index (κ3) is 1.94. The number of likely N-dealkylation sites (N-methyl/N-ethyl adjacent to an activating group) is 1. The van der Waals surface area contributed by atoms with Crippen molar-refractivity contribution in [3.05, 3.63) is 0 Å². The van der Waals surface area contributed by atoms with Crippen LogP contribution in [0, 0.1) is 0 Å². The van der Waals surface area contributed by atoms with Crippen LogP contribution in [0.25, 0.3) is 0 Å². The van der Waals surface area contributed by atoms with Gasteiger partial charge >= 0.3 is 0 Å². The zero-order valence-electron chi connectivity index (χ0n) is 7.97. The summed E-state index contributed by atoms with van der Waals surface area (Å²) in [5.74, 6) is 0. The van der Waals surface area contributed by atoms with E-state index in [9.17, 15) is 0 Å². The smallest absolute Gasteiger partial charge is 0.105 e. The van der Waals surface area contributed by atoms with Gasteiger partial charge in [-0.25, -0.2) is 0 Å². The summed E-state index contributed by atoms with van der Waals surface area (Å²) < 4.78 is 6.77. The Bertz CT molecular complexity index is 121. The van der Waals surface area contributed by atoms with E-state index in [1.54, 1.807) is 0 Å². The lowest BCUT2D eigenvalue weighted by Gasteiger charge is -2.42. The van der Waals surface area contributed by atoms with Crippen LogP contribution in [0.4, 0.5) is 0 Å². The molecule has 1 aliphatic rings. The van der Waals surface area contributed by atoms with Crippen LogP contribution in [0.5, 0.6) is 0 Å². The molecule has 0 bridgehead atoms. The van der Waals surface area contributed by atoms with Gasteiger partial charge in [-0.2, -0.15) is 0 Å². The normalized spacial score (nSPS) is 30.3. The van der Waals surface area contributed by atoms with Gasteiger partial charge < -0.3 is 9.22 Å². The van der Waals surface area contributed by atoms with Gasteiger partial charge in [0, 0.05) is 0 Å². The third-order valence-corrected chi connectivity index (χ3v) is 2.95. The highest BCUT2D eigenvalue weighted by atomic mass is 16.5. The number of ether oxygens (including phenoxy) is 1. The predicted molar refractivity (Wildman–Crippen MR) is 46.5 cm³/mol. The second kappa shape index (κ2) is 3.55. The van der Waals surface area contributed by atoms with Gasteiger partial charge in [0.05, 0.1) is 19.7 Å². The average Bonchev–Trinajstić information content (AvgIpc) is 2.04. The Morgan fingerprint density at radius 2 is 2.00 bits per heavy atom. The molecule has 0 saturated carbocycles. The fourth-order valence-electron chi connectivity index (χ4n) is 1.93. The molecule has 2 heteroatoms. The second-order valence-corrected chi connectivity index (χ2v) is 3.56. The van der Waals surface area contributed by atoms with Gasteiger partial charge in [0.1, 0.15) is 19.2 Å². The zero-order valence-corrected chi connectivity index (χ0v) is 7.97. The molecular formula is C9H20NO+. The maximum atomic E-state index is 5.52. The lowest BCUT2D eigenvalue weighted by molar-refractivity contribution is -0.935. The summed E-state index contributed by atoms with van der Waals surface area (Å²) in [7, 11) is 0. The van der Waals surface area contributed by atoms with Crippen LogP contribution in [-0.2, 0) is 4.74 Å². The summed E-state index contributed by atoms with van der Waals surface area (Å²) >= 11 is 0. The molecule has 1 fully saturated rings. The number of hydrogen-bond acceptors (Lipinski definition) is 1. The highest BCUT2D eigenvalue weighted by Gasteiger charge is 2.30. The van der Waals surface area contributed by atoms with E-state index in [2.05, 4.69) is 20.8 Å². The minimum Gasteiger partial charge on any atom is -0.367 e. The van der Waals surface area contributed by atoms with Crippen LogP contribution in [-0.4, -0.2) is 43.4 Å². The second-order valence-electron chi connectivity index (χ2n) is 3.56. The van der Waals surface area contributed by atoms with Crippen molar-refractivity contribution in [3.8, 4) is 0 Å². The van der Waals surface area contributed by atoms with E-state index in [1.807, 2.05) is 0 Å². The quantitative estimate of drug-likeness (QED) is 0.550. The van der Waals surface area contributed by atoms with Gasteiger partial charge in [0.25, 0.3) is 0 Å². The molecule has 1 unspecified atom stereocenters. The summed E-state index contributed by atoms with van der Waals surface area (Å²) in [5, 5.41) is 0. The fourth-order valence-corrected chi connectivity index (χ4v) is 1.93. The van der Waals surface area contributed by atoms with Crippen molar-refractivity contribution in [1.82, 2.24) is 0 Å². The van der Waals surface area contributed by atoms with Crippen molar-refractivity contribution in [2.75, 3.05) is 32.8 Å². The van der Waals surface area contributed by atoms with Crippen molar-refractivity contribution in [2.45, 2.75) is 26.9 Å². The third-order valence-electron chi connectivity index (χ3n) is 2.95. The van der Waals surface area contributed by atoms with E-state index in [1.165, 1.54) is 30.7 Å². The molecule has 1 rings (SSSR count). The monoisotopic (exact) mass is 158 g/mol. The zero-order chi connectivity index (χ0) is 8.32. The molecule has 0 aromatic rings. The molecule has 0 N–H and O–H groups in total. The molecule has 2 nitrogen and oxygen atoms in total.